The van der Waals surface area contributed by atoms with Crippen molar-refractivity contribution in [3.8, 4) is 0 Å². The number of hydrogen-bond donors (Lipinski definition) is 2. The summed E-state index contributed by atoms with van der Waals surface area (Å²) in [5.41, 5.74) is 5.25. The van der Waals surface area contributed by atoms with E-state index in [1.54, 1.807) is 11.8 Å². The third-order valence-corrected chi connectivity index (χ3v) is 6.60. The van der Waals surface area contributed by atoms with Crippen molar-refractivity contribution >= 4 is 33.2 Å². The molecule has 1 aliphatic rings. The first-order valence-electron chi connectivity index (χ1n) is 6.38. The van der Waals surface area contributed by atoms with Gasteiger partial charge in [0.2, 0.25) is 10.0 Å². The lowest BCUT2D eigenvalue weighted by Crippen LogP contribution is -2.45. The Morgan fingerprint density at radius 1 is 1.48 bits per heavy atom. The Bertz CT molecular complexity index is 651. The topological polar surface area (TPSA) is 115 Å². The van der Waals surface area contributed by atoms with Gasteiger partial charge < -0.3 is 5.73 Å². The molecule has 1 aromatic carbocycles. The maximum atomic E-state index is 12.3. The van der Waals surface area contributed by atoms with Gasteiger partial charge in [0, 0.05) is 23.0 Å². The van der Waals surface area contributed by atoms with Crippen LogP contribution in [0.3, 0.4) is 0 Å². The van der Waals surface area contributed by atoms with Gasteiger partial charge >= 0.3 is 0 Å². The molecule has 2 rings (SSSR count). The molecule has 1 aliphatic carbocycles. The van der Waals surface area contributed by atoms with Gasteiger partial charge in [0.05, 0.1) is 4.92 Å². The van der Waals surface area contributed by atoms with E-state index in [2.05, 4.69) is 4.72 Å². The molecule has 116 valence electrons. The molecule has 0 heterocycles. The number of nitrogens with two attached hydrogens (primary N) is 1. The number of nitro groups is 1. The largest absolute Gasteiger partial charge is 0.399 e. The van der Waals surface area contributed by atoms with E-state index >= 15 is 0 Å². The predicted molar refractivity (Wildman–Crippen MR) is 82.8 cm³/mol. The number of nitrogens with zero attached hydrogens (tertiary/aromatic N) is 1. The first kappa shape index (κ1) is 16.1. The van der Waals surface area contributed by atoms with Crippen LogP contribution in [0.1, 0.15) is 19.3 Å². The predicted octanol–water partition coefficient (Wildman–Crippen LogP) is 1.74. The second-order valence-electron chi connectivity index (χ2n) is 5.05. The minimum Gasteiger partial charge on any atom is -0.399 e. The maximum absolute atomic E-state index is 12.3. The third kappa shape index (κ3) is 3.30. The summed E-state index contributed by atoms with van der Waals surface area (Å²) in [6.07, 6.45) is 4.89. The minimum absolute atomic E-state index is 0.0951. The SMILES string of the molecule is CSC1(CNS(=O)(=O)c2cc(N)ccc2[N+](=O)[O-])CCC1. The fraction of sp³-hybridized carbons (Fsp3) is 0.500. The highest BCUT2D eigenvalue weighted by molar-refractivity contribution is 8.00. The lowest BCUT2D eigenvalue weighted by atomic mass is 9.84. The quantitative estimate of drug-likeness (QED) is 0.466. The first-order chi connectivity index (χ1) is 9.80. The van der Waals surface area contributed by atoms with Gasteiger partial charge in [-0.2, -0.15) is 11.8 Å². The van der Waals surface area contributed by atoms with Crippen LogP contribution in [0, 0.1) is 10.1 Å². The molecule has 7 nitrogen and oxygen atoms in total. The minimum atomic E-state index is -3.96. The lowest BCUT2D eigenvalue weighted by Gasteiger charge is -2.40. The summed E-state index contributed by atoms with van der Waals surface area (Å²) in [7, 11) is -3.96. The molecule has 1 aromatic rings. The van der Waals surface area contributed by atoms with Crippen molar-refractivity contribution in [3.63, 3.8) is 0 Å². The van der Waals surface area contributed by atoms with Crippen LogP contribution < -0.4 is 10.5 Å². The summed E-state index contributed by atoms with van der Waals surface area (Å²) in [6.45, 7) is 0.266. The molecule has 21 heavy (non-hydrogen) atoms. The molecule has 0 spiro atoms. The molecule has 0 amide bonds. The van der Waals surface area contributed by atoms with Crippen LogP contribution in [-0.2, 0) is 10.0 Å². The molecular weight excluding hydrogens is 314 g/mol. The van der Waals surface area contributed by atoms with Crippen molar-refractivity contribution in [2.45, 2.75) is 28.9 Å². The maximum Gasteiger partial charge on any atom is 0.289 e. The number of anilines is 1. The number of nitro benzene ring substituents is 1. The zero-order valence-electron chi connectivity index (χ0n) is 11.5. The van der Waals surface area contributed by atoms with Crippen LogP contribution in [-0.4, -0.2) is 30.9 Å². The van der Waals surface area contributed by atoms with Crippen LogP contribution in [0.25, 0.3) is 0 Å². The Labute approximate surface area is 127 Å². The van der Waals surface area contributed by atoms with Crippen molar-refractivity contribution in [2.24, 2.45) is 0 Å². The molecule has 0 unspecified atom stereocenters. The molecular formula is C12H17N3O4S2. The highest BCUT2D eigenvalue weighted by atomic mass is 32.2. The summed E-state index contributed by atoms with van der Waals surface area (Å²) in [5, 5.41) is 11.0. The van der Waals surface area contributed by atoms with Crippen molar-refractivity contribution in [3.05, 3.63) is 28.3 Å². The number of nitrogen functional groups attached to an aromatic ring is 1. The molecule has 0 atom stereocenters. The van der Waals surface area contributed by atoms with E-state index in [0.29, 0.717) is 0 Å². The normalized spacial score (nSPS) is 17.2. The second-order valence-corrected chi connectivity index (χ2v) is 8.06. The Kier molecular flexibility index (Phi) is 4.45. The Hall–Kier alpha value is -1.32. The summed E-state index contributed by atoms with van der Waals surface area (Å²) < 4.78 is 27.1. The fourth-order valence-corrected chi connectivity index (χ4v) is 4.56. The van der Waals surface area contributed by atoms with Gasteiger partial charge in [-0.1, -0.05) is 6.42 Å². The second kappa shape index (κ2) is 5.82. The van der Waals surface area contributed by atoms with Crippen LogP contribution in [0.5, 0.6) is 0 Å². The molecule has 0 radical (unpaired) electrons. The Balaban J connectivity index is 2.27. The van der Waals surface area contributed by atoms with Gasteiger partial charge in [-0.05, 0) is 31.2 Å². The summed E-state index contributed by atoms with van der Waals surface area (Å²) in [4.78, 5) is 9.87. The standard InChI is InChI=1S/C12H17N3O4S2/c1-20-12(5-2-6-12)8-14-21(18,19)11-7-9(13)3-4-10(11)15(16)17/h3-4,7,14H,2,5-6,8,13H2,1H3. The summed E-state index contributed by atoms with van der Waals surface area (Å²) >= 11 is 1.62. The lowest BCUT2D eigenvalue weighted by molar-refractivity contribution is -0.387. The van der Waals surface area contributed by atoms with Crippen LogP contribution in [0.2, 0.25) is 0 Å². The van der Waals surface area contributed by atoms with E-state index in [1.807, 2.05) is 6.26 Å². The van der Waals surface area contributed by atoms with E-state index in [0.717, 1.165) is 31.4 Å². The Morgan fingerprint density at radius 3 is 2.62 bits per heavy atom. The molecule has 1 fully saturated rings. The summed E-state index contributed by atoms with van der Waals surface area (Å²) in [5.74, 6) is 0. The van der Waals surface area contributed by atoms with Gasteiger partial charge in [-0.15, -0.1) is 0 Å². The molecule has 9 heteroatoms. The molecule has 0 aromatic heterocycles. The van der Waals surface area contributed by atoms with Gasteiger partial charge in [0.1, 0.15) is 0 Å². The monoisotopic (exact) mass is 331 g/mol. The van der Waals surface area contributed by atoms with Crippen molar-refractivity contribution in [2.75, 3.05) is 18.5 Å². The van der Waals surface area contributed by atoms with E-state index in [1.165, 1.54) is 6.07 Å². The third-order valence-electron chi connectivity index (χ3n) is 3.75. The highest BCUT2D eigenvalue weighted by Gasteiger charge is 2.38. The number of thioether (sulfide) groups is 1. The van der Waals surface area contributed by atoms with Crippen molar-refractivity contribution in [1.82, 2.24) is 4.72 Å². The zero-order chi connectivity index (χ0) is 15.7. The molecule has 0 saturated heterocycles. The van der Waals surface area contributed by atoms with Gasteiger partial charge in [0.15, 0.2) is 4.90 Å². The van der Waals surface area contributed by atoms with Crippen LogP contribution in [0.4, 0.5) is 11.4 Å². The molecule has 0 bridgehead atoms. The van der Waals surface area contributed by atoms with Crippen molar-refractivity contribution < 1.29 is 13.3 Å². The average Bonchev–Trinajstić information content (AvgIpc) is 2.37. The molecule has 0 aliphatic heterocycles. The van der Waals surface area contributed by atoms with E-state index < -0.39 is 20.6 Å². The van der Waals surface area contributed by atoms with E-state index in [-0.39, 0.29) is 21.9 Å². The van der Waals surface area contributed by atoms with Gasteiger partial charge in [-0.3, -0.25) is 10.1 Å². The zero-order valence-corrected chi connectivity index (χ0v) is 13.2. The molecule has 1 saturated carbocycles. The Morgan fingerprint density at radius 2 is 2.14 bits per heavy atom. The number of sulfonamides is 1. The van der Waals surface area contributed by atoms with Gasteiger partial charge in [-0.25, -0.2) is 13.1 Å². The molecule has 3 N–H and O–H groups in total. The van der Waals surface area contributed by atoms with Gasteiger partial charge in [0.25, 0.3) is 5.69 Å². The van der Waals surface area contributed by atoms with Crippen LogP contribution >= 0.6 is 11.8 Å². The number of rotatable bonds is 6. The van der Waals surface area contributed by atoms with E-state index in [9.17, 15) is 18.5 Å². The van der Waals surface area contributed by atoms with E-state index in [4.69, 9.17) is 5.73 Å². The van der Waals surface area contributed by atoms with Crippen LogP contribution in [0.15, 0.2) is 23.1 Å². The average molecular weight is 331 g/mol. The van der Waals surface area contributed by atoms with Crippen molar-refractivity contribution in [1.29, 1.82) is 0 Å². The number of benzene rings is 1. The summed E-state index contributed by atoms with van der Waals surface area (Å²) in [6, 6.07) is 3.54. The highest BCUT2D eigenvalue weighted by Crippen LogP contribution is 2.42. The fourth-order valence-electron chi connectivity index (χ4n) is 2.23. The number of nitrogens with one attached hydrogen (secondary N) is 1. The first-order valence-corrected chi connectivity index (χ1v) is 9.09. The smallest absolute Gasteiger partial charge is 0.289 e. The number of hydrogen-bond acceptors (Lipinski definition) is 6.